The van der Waals surface area contributed by atoms with E-state index in [0.717, 1.165) is 33.3 Å². The molecule has 4 nitrogen and oxygen atoms in total. The van der Waals surface area contributed by atoms with E-state index < -0.39 is 0 Å². The van der Waals surface area contributed by atoms with Gasteiger partial charge in [0.25, 0.3) is 0 Å². The Kier molecular flexibility index (Phi) is 2.86. The van der Waals surface area contributed by atoms with Crippen LogP contribution in [0.25, 0.3) is 33.3 Å². The largest absolute Gasteiger partial charge is 0.508 e. The standard InChI is InChI=1S/C18H13N3O/c22-14-9-12(8-13(10-14)18-11-19-6-7-21-18)15-2-1-3-17-16(15)4-5-20-17/h1-11,20,22H. The van der Waals surface area contributed by atoms with E-state index in [9.17, 15) is 5.11 Å². The normalized spacial score (nSPS) is 10.9. The van der Waals surface area contributed by atoms with Crippen molar-refractivity contribution in [1.82, 2.24) is 15.0 Å². The van der Waals surface area contributed by atoms with Gasteiger partial charge in [-0.05, 0) is 41.5 Å². The molecule has 106 valence electrons. The van der Waals surface area contributed by atoms with Crippen molar-refractivity contribution in [3.8, 4) is 28.1 Å². The van der Waals surface area contributed by atoms with E-state index in [2.05, 4.69) is 15.0 Å². The molecule has 0 atom stereocenters. The molecule has 2 aromatic heterocycles. The quantitative estimate of drug-likeness (QED) is 0.586. The maximum Gasteiger partial charge on any atom is 0.116 e. The molecule has 22 heavy (non-hydrogen) atoms. The molecule has 2 heterocycles. The fraction of sp³-hybridized carbons (Fsp3) is 0. The summed E-state index contributed by atoms with van der Waals surface area (Å²) < 4.78 is 0. The Morgan fingerprint density at radius 1 is 0.955 bits per heavy atom. The molecule has 4 rings (SSSR count). The van der Waals surface area contributed by atoms with Crippen LogP contribution in [0.3, 0.4) is 0 Å². The van der Waals surface area contributed by atoms with Crippen molar-refractivity contribution in [2.24, 2.45) is 0 Å². The van der Waals surface area contributed by atoms with E-state index >= 15 is 0 Å². The highest BCUT2D eigenvalue weighted by Crippen LogP contribution is 2.33. The molecule has 2 N–H and O–H groups in total. The molecule has 0 fully saturated rings. The monoisotopic (exact) mass is 287 g/mol. The Labute approximate surface area is 127 Å². The molecular weight excluding hydrogens is 274 g/mol. The molecule has 0 aliphatic carbocycles. The number of aromatic nitrogens is 3. The number of phenolic OH excluding ortho intramolecular Hbond substituents is 1. The van der Waals surface area contributed by atoms with Crippen molar-refractivity contribution in [3.05, 3.63) is 67.3 Å². The van der Waals surface area contributed by atoms with Crippen LogP contribution < -0.4 is 0 Å². The van der Waals surface area contributed by atoms with E-state index in [1.54, 1.807) is 30.7 Å². The fourth-order valence-electron chi connectivity index (χ4n) is 2.70. The van der Waals surface area contributed by atoms with E-state index in [-0.39, 0.29) is 5.75 Å². The molecule has 0 unspecified atom stereocenters. The Balaban J connectivity index is 1.93. The number of nitrogens with one attached hydrogen (secondary N) is 1. The molecule has 4 aromatic rings. The number of aromatic hydroxyl groups is 1. The van der Waals surface area contributed by atoms with E-state index in [1.807, 2.05) is 36.5 Å². The molecule has 0 aliphatic rings. The van der Waals surface area contributed by atoms with Gasteiger partial charge in [-0.3, -0.25) is 9.97 Å². The number of benzene rings is 2. The first kappa shape index (κ1) is 12.6. The fourth-order valence-corrected chi connectivity index (χ4v) is 2.70. The summed E-state index contributed by atoms with van der Waals surface area (Å²) in [6.07, 6.45) is 6.88. The van der Waals surface area contributed by atoms with Crippen molar-refractivity contribution < 1.29 is 5.11 Å². The Bertz CT molecular complexity index is 945. The smallest absolute Gasteiger partial charge is 0.116 e. The van der Waals surface area contributed by atoms with Crippen molar-refractivity contribution in [1.29, 1.82) is 0 Å². The van der Waals surface area contributed by atoms with Crippen LogP contribution in [0, 0.1) is 0 Å². The molecular formula is C18H13N3O. The number of phenols is 1. The number of aromatic amines is 1. The van der Waals surface area contributed by atoms with Crippen LogP contribution in [-0.2, 0) is 0 Å². The van der Waals surface area contributed by atoms with E-state index in [0.29, 0.717) is 0 Å². The first-order valence-electron chi connectivity index (χ1n) is 6.98. The summed E-state index contributed by atoms with van der Waals surface area (Å²) in [5, 5.41) is 11.2. The minimum Gasteiger partial charge on any atom is -0.508 e. The van der Waals surface area contributed by atoms with Gasteiger partial charge in [0.15, 0.2) is 0 Å². The van der Waals surface area contributed by atoms with Gasteiger partial charge in [0.05, 0.1) is 11.9 Å². The molecule has 0 spiro atoms. The summed E-state index contributed by atoms with van der Waals surface area (Å²) in [4.78, 5) is 11.6. The highest BCUT2D eigenvalue weighted by molar-refractivity contribution is 5.96. The zero-order chi connectivity index (χ0) is 14.9. The predicted molar refractivity (Wildman–Crippen MR) is 86.4 cm³/mol. The van der Waals surface area contributed by atoms with Crippen LogP contribution in [-0.4, -0.2) is 20.1 Å². The topological polar surface area (TPSA) is 61.8 Å². The second kappa shape index (κ2) is 5.00. The third kappa shape index (κ3) is 2.11. The van der Waals surface area contributed by atoms with Gasteiger partial charge in [-0.2, -0.15) is 0 Å². The van der Waals surface area contributed by atoms with Crippen LogP contribution in [0.5, 0.6) is 5.75 Å². The number of hydrogen-bond acceptors (Lipinski definition) is 3. The minimum atomic E-state index is 0.214. The lowest BCUT2D eigenvalue weighted by molar-refractivity contribution is 0.476. The van der Waals surface area contributed by atoms with Gasteiger partial charge in [0.2, 0.25) is 0 Å². The summed E-state index contributed by atoms with van der Waals surface area (Å²) in [5.74, 6) is 0.214. The van der Waals surface area contributed by atoms with Crippen LogP contribution in [0.1, 0.15) is 0 Å². The number of nitrogens with zero attached hydrogens (tertiary/aromatic N) is 2. The third-order valence-electron chi connectivity index (χ3n) is 3.68. The lowest BCUT2D eigenvalue weighted by atomic mass is 9.98. The molecule has 0 saturated carbocycles. The van der Waals surface area contributed by atoms with Crippen LogP contribution in [0.4, 0.5) is 0 Å². The number of hydrogen-bond donors (Lipinski definition) is 2. The van der Waals surface area contributed by atoms with E-state index in [1.165, 1.54) is 0 Å². The van der Waals surface area contributed by atoms with Crippen molar-refractivity contribution in [2.75, 3.05) is 0 Å². The Morgan fingerprint density at radius 3 is 2.73 bits per heavy atom. The SMILES string of the molecule is Oc1cc(-c2cnccn2)cc(-c2cccc3[nH]ccc23)c1. The highest BCUT2D eigenvalue weighted by Gasteiger charge is 2.09. The molecule has 0 bridgehead atoms. The Hall–Kier alpha value is -3.14. The highest BCUT2D eigenvalue weighted by atomic mass is 16.3. The van der Waals surface area contributed by atoms with Crippen LogP contribution >= 0.6 is 0 Å². The molecule has 0 amide bonds. The van der Waals surface area contributed by atoms with Crippen molar-refractivity contribution in [3.63, 3.8) is 0 Å². The first-order chi connectivity index (χ1) is 10.8. The maximum absolute atomic E-state index is 10.1. The zero-order valence-corrected chi connectivity index (χ0v) is 11.7. The molecule has 4 heteroatoms. The van der Waals surface area contributed by atoms with Gasteiger partial charge in [-0.15, -0.1) is 0 Å². The van der Waals surface area contributed by atoms with Gasteiger partial charge in [0.1, 0.15) is 5.75 Å². The van der Waals surface area contributed by atoms with Gasteiger partial charge in [-0.1, -0.05) is 12.1 Å². The van der Waals surface area contributed by atoms with Crippen molar-refractivity contribution in [2.45, 2.75) is 0 Å². The first-order valence-corrected chi connectivity index (χ1v) is 6.98. The van der Waals surface area contributed by atoms with E-state index in [4.69, 9.17) is 0 Å². The number of H-pyrrole nitrogens is 1. The Morgan fingerprint density at radius 2 is 1.86 bits per heavy atom. The van der Waals surface area contributed by atoms with Crippen LogP contribution in [0.2, 0.25) is 0 Å². The summed E-state index contributed by atoms with van der Waals surface area (Å²) in [6.45, 7) is 0. The number of fused-ring (bicyclic) bond motifs is 1. The summed E-state index contributed by atoms with van der Waals surface area (Å²) in [6, 6.07) is 13.6. The number of rotatable bonds is 2. The van der Waals surface area contributed by atoms with Gasteiger partial charge >= 0.3 is 0 Å². The summed E-state index contributed by atoms with van der Waals surface area (Å²) >= 11 is 0. The summed E-state index contributed by atoms with van der Waals surface area (Å²) in [5.41, 5.74) is 4.67. The average Bonchev–Trinajstić information content (AvgIpc) is 3.03. The molecule has 0 radical (unpaired) electrons. The third-order valence-corrected chi connectivity index (χ3v) is 3.68. The van der Waals surface area contributed by atoms with Gasteiger partial charge in [0, 0.05) is 35.1 Å². The molecule has 2 aromatic carbocycles. The van der Waals surface area contributed by atoms with Gasteiger partial charge in [-0.25, -0.2) is 0 Å². The lowest BCUT2D eigenvalue weighted by Gasteiger charge is -2.08. The minimum absolute atomic E-state index is 0.214. The predicted octanol–water partition coefficient (Wildman–Crippen LogP) is 4.00. The van der Waals surface area contributed by atoms with Gasteiger partial charge < -0.3 is 10.1 Å². The second-order valence-corrected chi connectivity index (χ2v) is 5.10. The molecule has 0 aliphatic heterocycles. The average molecular weight is 287 g/mol. The van der Waals surface area contributed by atoms with Crippen LogP contribution in [0.15, 0.2) is 67.3 Å². The zero-order valence-electron chi connectivity index (χ0n) is 11.7. The second-order valence-electron chi connectivity index (χ2n) is 5.10. The lowest BCUT2D eigenvalue weighted by Crippen LogP contribution is -1.86. The summed E-state index contributed by atoms with van der Waals surface area (Å²) in [7, 11) is 0. The maximum atomic E-state index is 10.1. The molecule has 0 saturated heterocycles. The van der Waals surface area contributed by atoms with Crippen molar-refractivity contribution >= 4 is 10.9 Å².